The van der Waals surface area contributed by atoms with E-state index in [1.54, 1.807) is 0 Å². The topological polar surface area (TPSA) is 32.3 Å². The van der Waals surface area contributed by atoms with E-state index in [4.69, 9.17) is 0 Å². The van der Waals surface area contributed by atoms with Crippen molar-refractivity contribution in [3.05, 3.63) is 35.9 Å². The van der Waals surface area contributed by atoms with Crippen LogP contribution in [-0.4, -0.2) is 30.9 Å². The minimum absolute atomic E-state index is 0.148. The highest BCUT2D eigenvalue weighted by atomic mass is 16.1. The van der Waals surface area contributed by atoms with Crippen molar-refractivity contribution in [3.63, 3.8) is 0 Å². The summed E-state index contributed by atoms with van der Waals surface area (Å²) in [4.78, 5) is 14.6. The van der Waals surface area contributed by atoms with Gasteiger partial charge in [-0.05, 0) is 50.9 Å². The van der Waals surface area contributed by atoms with Crippen molar-refractivity contribution in [3.8, 4) is 0 Å². The summed E-state index contributed by atoms with van der Waals surface area (Å²) in [6.45, 7) is 4.36. The van der Waals surface area contributed by atoms with Gasteiger partial charge in [0.05, 0.1) is 6.04 Å². The second kappa shape index (κ2) is 7.44. The Morgan fingerprint density at radius 1 is 1.30 bits per heavy atom. The maximum atomic E-state index is 12.2. The molecular formula is C17H26N2O. The monoisotopic (exact) mass is 274 g/mol. The number of benzene rings is 1. The minimum atomic E-state index is 0.148. The summed E-state index contributed by atoms with van der Waals surface area (Å²) in [5.41, 5.74) is 1.20. The van der Waals surface area contributed by atoms with Gasteiger partial charge in [0.1, 0.15) is 0 Å². The van der Waals surface area contributed by atoms with Crippen LogP contribution in [0.3, 0.4) is 0 Å². The highest BCUT2D eigenvalue weighted by Gasteiger charge is 2.21. The van der Waals surface area contributed by atoms with Gasteiger partial charge in [-0.3, -0.25) is 4.79 Å². The normalized spacial score (nSPS) is 18.7. The summed E-state index contributed by atoms with van der Waals surface area (Å²) >= 11 is 0. The van der Waals surface area contributed by atoms with E-state index in [0.717, 1.165) is 32.4 Å². The molecule has 0 bridgehead atoms. The van der Waals surface area contributed by atoms with Gasteiger partial charge in [-0.25, -0.2) is 0 Å². The average molecular weight is 274 g/mol. The zero-order chi connectivity index (χ0) is 14.4. The largest absolute Gasteiger partial charge is 0.349 e. The van der Waals surface area contributed by atoms with Crippen LogP contribution in [0.15, 0.2) is 30.3 Å². The molecule has 1 unspecified atom stereocenters. The molecule has 1 fully saturated rings. The summed E-state index contributed by atoms with van der Waals surface area (Å²) in [5, 5.41) is 3.19. The molecule has 3 heteroatoms. The van der Waals surface area contributed by atoms with Crippen LogP contribution in [0.4, 0.5) is 0 Å². The molecule has 3 nitrogen and oxygen atoms in total. The Morgan fingerprint density at radius 3 is 2.55 bits per heavy atom. The van der Waals surface area contributed by atoms with Crippen molar-refractivity contribution in [1.29, 1.82) is 0 Å². The molecule has 110 valence electrons. The quantitative estimate of drug-likeness (QED) is 0.895. The first-order valence-corrected chi connectivity index (χ1v) is 7.72. The number of hydrogen-bond acceptors (Lipinski definition) is 2. The molecular weight excluding hydrogens is 248 g/mol. The SMILES string of the molecule is CCC(NC(=O)CC1CCN(C)CC1)c1ccccc1. The summed E-state index contributed by atoms with van der Waals surface area (Å²) in [5.74, 6) is 0.759. The zero-order valence-electron chi connectivity index (χ0n) is 12.6. The van der Waals surface area contributed by atoms with Crippen molar-refractivity contribution < 1.29 is 4.79 Å². The highest BCUT2D eigenvalue weighted by Crippen LogP contribution is 2.21. The van der Waals surface area contributed by atoms with E-state index < -0.39 is 0 Å². The van der Waals surface area contributed by atoms with Crippen LogP contribution in [0.2, 0.25) is 0 Å². The molecule has 0 radical (unpaired) electrons. The lowest BCUT2D eigenvalue weighted by Crippen LogP contribution is -2.34. The van der Waals surface area contributed by atoms with Crippen molar-refractivity contribution in [2.24, 2.45) is 5.92 Å². The van der Waals surface area contributed by atoms with Crippen LogP contribution >= 0.6 is 0 Å². The Balaban J connectivity index is 1.84. The first-order valence-electron chi connectivity index (χ1n) is 7.72. The number of hydrogen-bond donors (Lipinski definition) is 1. The van der Waals surface area contributed by atoms with E-state index in [0.29, 0.717) is 12.3 Å². The number of amides is 1. The number of rotatable bonds is 5. The second-order valence-electron chi connectivity index (χ2n) is 5.89. The van der Waals surface area contributed by atoms with E-state index in [1.165, 1.54) is 5.56 Å². The Hall–Kier alpha value is -1.35. The van der Waals surface area contributed by atoms with Gasteiger partial charge in [-0.2, -0.15) is 0 Å². The lowest BCUT2D eigenvalue weighted by Gasteiger charge is -2.29. The van der Waals surface area contributed by atoms with Gasteiger partial charge in [0.2, 0.25) is 5.91 Å². The molecule has 1 atom stereocenters. The maximum Gasteiger partial charge on any atom is 0.220 e. The fourth-order valence-corrected chi connectivity index (χ4v) is 2.89. The second-order valence-corrected chi connectivity index (χ2v) is 5.89. The highest BCUT2D eigenvalue weighted by molar-refractivity contribution is 5.76. The fraction of sp³-hybridized carbons (Fsp3) is 0.588. The summed E-state index contributed by atoms with van der Waals surface area (Å²) in [6, 6.07) is 10.4. The van der Waals surface area contributed by atoms with Crippen molar-refractivity contribution in [2.75, 3.05) is 20.1 Å². The molecule has 1 aromatic carbocycles. The number of nitrogens with zero attached hydrogens (tertiary/aromatic N) is 1. The summed E-state index contributed by atoms with van der Waals surface area (Å²) < 4.78 is 0. The molecule has 1 saturated heterocycles. The van der Waals surface area contributed by atoms with Crippen molar-refractivity contribution >= 4 is 5.91 Å². The molecule has 1 aliphatic heterocycles. The van der Waals surface area contributed by atoms with Gasteiger partial charge in [-0.1, -0.05) is 37.3 Å². The molecule has 1 aromatic rings. The van der Waals surface area contributed by atoms with Crippen LogP contribution in [0.25, 0.3) is 0 Å². The number of likely N-dealkylation sites (tertiary alicyclic amines) is 1. The van der Waals surface area contributed by atoms with Crippen LogP contribution in [0.1, 0.15) is 44.2 Å². The number of carbonyl (C=O) groups is 1. The number of nitrogens with one attached hydrogen (secondary N) is 1. The maximum absolute atomic E-state index is 12.2. The lowest BCUT2D eigenvalue weighted by molar-refractivity contribution is -0.123. The van der Waals surface area contributed by atoms with Gasteiger partial charge < -0.3 is 10.2 Å². The molecule has 1 N–H and O–H groups in total. The predicted octanol–water partition coefficient (Wildman–Crippen LogP) is 2.99. The third-order valence-corrected chi connectivity index (χ3v) is 4.26. The molecule has 1 amide bonds. The zero-order valence-corrected chi connectivity index (χ0v) is 12.6. The van der Waals surface area contributed by atoms with Crippen LogP contribution < -0.4 is 5.32 Å². The van der Waals surface area contributed by atoms with Crippen LogP contribution in [0, 0.1) is 5.92 Å². The van der Waals surface area contributed by atoms with E-state index >= 15 is 0 Å². The van der Waals surface area contributed by atoms with Gasteiger partial charge in [0, 0.05) is 6.42 Å². The molecule has 20 heavy (non-hydrogen) atoms. The molecule has 1 heterocycles. The predicted molar refractivity (Wildman–Crippen MR) is 82.5 cm³/mol. The lowest BCUT2D eigenvalue weighted by atomic mass is 9.93. The Labute approximate surface area is 122 Å². The van der Waals surface area contributed by atoms with E-state index in [-0.39, 0.29) is 11.9 Å². The van der Waals surface area contributed by atoms with Gasteiger partial charge >= 0.3 is 0 Å². The standard InChI is InChI=1S/C17H26N2O/c1-3-16(15-7-5-4-6-8-15)18-17(20)13-14-9-11-19(2)12-10-14/h4-8,14,16H,3,9-13H2,1-2H3,(H,18,20). The third kappa shape index (κ3) is 4.34. The van der Waals surface area contributed by atoms with Crippen molar-refractivity contribution in [1.82, 2.24) is 10.2 Å². The van der Waals surface area contributed by atoms with Crippen LogP contribution in [-0.2, 0) is 4.79 Å². The van der Waals surface area contributed by atoms with Crippen LogP contribution in [0.5, 0.6) is 0 Å². The molecule has 0 spiro atoms. The number of carbonyl (C=O) groups excluding carboxylic acids is 1. The van der Waals surface area contributed by atoms with Gasteiger partial charge in [0.25, 0.3) is 0 Å². The molecule has 0 aliphatic carbocycles. The first-order chi connectivity index (χ1) is 9.69. The summed E-state index contributed by atoms with van der Waals surface area (Å²) in [6.07, 6.45) is 3.90. The summed E-state index contributed by atoms with van der Waals surface area (Å²) in [7, 11) is 2.15. The Bertz CT molecular complexity index is 410. The fourth-order valence-electron chi connectivity index (χ4n) is 2.89. The van der Waals surface area contributed by atoms with E-state index in [2.05, 4.69) is 36.3 Å². The Kier molecular flexibility index (Phi) is 5.60. The third-order valence-electron chi connectivity index (χ3n) is 4.26. The first kappa shape index (κ1) is 15.0. The average Bonchev–Trinajstić information content (AvgIpc) is 2.48. The van der Waals surface area contributed by atoms with Gasteiger partial charge in [-0.15, -0.1) is 0 Å². The molecule has 1 aliphatic rings. The molecule has 2 rings (SSSR count). The van der Waals surface area contributed by atoms with Crippen molar-refractivity contribution in [2.45, 2.75) is 38.6 Å². The van der Waals surface area contributed by atoms with Gasteiger partial charge in [0.15, 0.2) is 0 Å². The minimum Gasteiger partial charge on any atom is -0.349 e. The number of piperidine rings is 1. The van der Waals surface area contributed by atoms with E-state index in [9.17, 15) is 4.79 Å². The Morgan fingerprint density at radius 2 is 1.95 bits per heavy atom. The van der Waals surface area contributed by atoms with E-state index in [1.807, 2.05) is 18.2 Å². The molecule has 0 saturated carbocycles. The molecule has 0 aromatic heterocycles. The smallest absolute Gasteiger partial charge is 0.220 e.